The topological polar surface area (TPSA) is 49.8 Å². The highest BCUT2D eigenvalue weighted by Crippen LogP contribution is 2.33. The maximum Gasteiger partial charge on any atom is 0.410 e. The van der Waals surface area contributed by atoms with Crippen LogP contribution >= 0.6 is 0 Å². The van der Waals surface area contributed by atoms with Gasteiger partial charge in [-0.05, 0) is 69.2 Å². The molecule has 1 N–H and O–H groups in total. The number of nitrogens with zero attached hydrogens (tertiary/aromatic N) is 1. The summed E-state index contributed by atoms with van der Waals surface area (Å²) < 4.78 is 5.45. The Bertz CT molecular complexity index is 540. The van der Waals surface area contributed by atoms with Crippen molar-refractivity contribution in [2.24, 2.45) is 0 Å². The van der Waals surface area contributed by atoms with Gasteiger partial charge in [0.25, 0.3) is 0 Å². The van der Waals surface area contributed by atoms with Gasteiger partial charge in [-0.3, -0.25) is 0 Å². The van der Waals surface area contributed by atoms with Crippen molar-refractivity contribution >= 4 is 6.09 Å². The molecular weight excluding hydrogens is 290 g/mol. The second kappa shape index (κ2) is 7.24. The van der Waals surface area contributed by atoms with E-state index in [4.69, 9.17) is 4.74 Å². The molecule has 0 aromatic heterocycles. The first-order valence-corrected chi connectivity index (χ1v) is 8.60. The average molecular weight is 319 g/mol. The van der Waals surface area contributed by atoms with E-state index in [0.29, 0.717) is 11.7 Å². The lowest BCUT2D eigenvalue weighted by atomic mass is 9.85. The molecule has 1 fully saturated rings. The number of piperidine rings is 1. The molecule has 0 unspecified atom stereocenters. The number of carbonyl (C=O) groups is 1. The van der Waals surface area contributed by atoms with Crippen LogP contribution in [0.25, 0.3) is 0 Å². The molecule has 4 nitrogen and oxygen atoms in total. The Balaban J connectivity index is 2.01. The fourth-order valence-electron chi connectivity index (χ4n) is 3.18. The predicted octanol–water partition coefficient (Wildman–Crippen LogP) is 4.46. The summed E-state index contributed by atoms with van der Waals surface area (Å²) in [5.74, 6) is 0.791. The Morgan fingerprint density at radius 2 is 1.96 bits per heavy atom. The van der Waals surface area contributed by atoms with Crippen LogP contribution < -0.4 is 0 Å². The number of amides is 1. The number of phenols is 1. The fraction of sp³-hybridized carbons (Fsp3) is 0.632. The number of likely N-dealkylation sites (tertiary alicyclic amines) is 1. The fourth-order valence-corrected chi connectivity index (χ4v) is 3.18. The number of aromatic hydroxyl groups is 1. The van der Waals surface area contributed by atoms with Gasteiger partial charge in [-0.2, -0.15) is 0 Å². The number of carbonyl (C=O) groups excluding carboxylic acids is 1. The van der Waals surface area contributed by atoms with Gasteiger partial charge in [-0.1, -0.05) is 19.4 Å². The van der Waals surface area contributed by atoms with Crippen LogP contribution in [0.2, 0.25) is 0 Å². The molecule has 0 bridgehead atoms. The smallest absolute Gasteiger partial charge is 0.410 e. The Morgan fingerprint density at radius 1 is 1.30 bits per heavy atom. The van der Waals surface area contributed by atoms with Crippen molar-refractivity contribution in [3.63, 3.8) is 0 Å². The molecule has 1 aliphatic heterocycles. The molecular formula is C19H29NO3. The van der Waals surface area contributed by atoms with Crippen LogP contribution in [-0.4, -0.2) is 34.8 Å². The van der Waals surface area contributed by atoms with E-state index < -0.39 is 5.60 Å². The molecule has 2 rings (SSSR count). The van der Waals surface area contributed by atoms with E-state index in [1.54, 1.807) is 6.07 Å². The first-order chi connectivity index (χ1) is 10.8. The molecule has 0 aliphatic carbocycles. The normalized spacial score (nSPS) is 16.4. The van der Waals surface area contributed by atoms with Crippen molar-refractivity contribution in [2.75, 3.05) is 13.1 Å². The zero-order valence-electron chi connectivity index (χ0n) is 14.8. The van der Waals surface area contributed by atoms with Crippen molar-refractivity contribution in [3.8, 4) is 5.75 Å². The van der Waals surface area contributed by atoms with Crippen molar-refractivity contribution in [3.05, 3.63) is 29.3 Å². The Kier molecular flexibility index (Phi) is 5.55. The third-order valence-corrected chi connectivity index (χ3v) is 4.23. The first-order valence-electron chi connectivity index (χ1n) is 8.60. The number of phenolic OH excluding ortho intramolecular Hbond substituents is 1. The second-order valence-electron chi connectivity index (χ2n) is 7.37. The molecule has 0 radical (unpaired) electrons. The Morgan fingerprint density at radius 3 is 2.52 bits per heavy atom. The maximum absolute atomic E-state index is 12.1. The summed E-state index contributed by atoms with van der Waals surface area (Å²) in [6.45, 7) is 9.29. The van der Waals surface area contributed by atoms with Crippen molar-refractivity contribution in [2.45, 2.75) is 64.9 Å². The molecule has 1 saturated heterocycles. The van der Waals surface area contributed by atoms with Crippen LogP contribution in [0.4, 0.5) is 4.79 Å². The van der Waals surface area contributed by atoms with E-state index >= 15 is 0 Å². The second-order valence-corrected chi connectivity index (χ2v) is 7.37. The zero-order chi connectivity index (χ0) is 17.0. The zero-order valence-corrected chi connectivity index (χ0v) is 14.8. The number of rotatable bonds is 3. The quantitative estimate of drug-likeness (QED) is 0.895. The van der Waals surface area contributed by atoms with Crippen molar-refractivity contribution < 1.29 is 14.6 Å². The summed E-state index contributed by atoms with van der Waals surface area (Å²) in [5.41, 5.74) is 2.12. The highest BCUT2D eigenvalue weighted by Gasteiger charge is 2.28. The summed E-state index contributed by atoms with van der Waals surface area (Å²) >= 11 is 0. The standard InChI is InChI=1S/C19H29NO3/c1-5-6-15-13-16(21)7-8-17(15)14-9-11-20(12-10-14)18(22)23-19(2,3)4/h7-8,13-14,21H,5-6,9-12H2,1-4H3. The minimum atomic E-state index is -0.445. The molecule has 1 aliphatic rings. The van der Waals surface area contributed by atoms with Crippen LogP contribution in [0, 0.1) is 0 Å². The highest BCUT2D eigenvalue weighted by molar-refractivity contribution is 5.68. The van der Waals surface area contributed by atoms with E-state index in [1.165, 1.54) is 11.1 Å². The summed E-state index contributed by atoms with van der Waals surface area (Å²) in [6, 6.07) is 5.71. The van der Waals surface area contributed by atoms with Gasteiger partial charge in [0.2, 0.25) is 0 Å². The minimum Gasteiger partial charge on any atom is -0.508 e. The molecule has 23 heavy (non-hydrogen) atoms. The van der Waals surface area contributed by atoms with Crippen LogP contribution in [0.3, 0.4) is 0 Å². The van der Waals surface area contributed by atoms with Crippen molar-refractivity contribution in [1.29, 1.82) is 0 Å². The van der Waals surface area contributed by atoms with Crippen LogP contribution in [-0.2, 0) is 11.2 Å². The van der Waals surface area contributed by atoms with Gasteiger partial charge < -0.3 is 14.7 Å². The molecule has 1 aromatic rings. The predicted molar refractivity (Wildman–Crippen MR) is 91.9 cm³/mol. The summed E-state index contributed by atoms with van der Waals surface area (Å²) in [4.78, 5) is 13.9. The third-order valence-electron chi connectivity index (χ3n) is 4.23. The lowest BCUT2D eigenvalue weighted by Gasteiger charge is -2.34. The third kappa shape index (κ3) is 4.88. The van der Waals surface area contributed by atoms with Crippen LogP contribution in [0.5, 0.6) is 5.75 Å². The van der Waals surface area contributed by atoms with Gasteiger partial charge in [0.05, 0.1) is 0 Å². The van der Waals surface area contributed by atoms with Gasteiger partial charge in [-0.15, -0.1) is 0 Å². The largest absolute Gasteiger partial charge is 0.508 e. The SMILES string of the molecule is CCCc1cc(O)ccc1C1CCN(C(=O)OC(C)(C)C)CC1. The van der Waals surface area contributed by atoms with E-state index in [0.717, 1.165) is 38.8 Å². The van der Waals surface area contributed by atoms with Crippen molar-refractivity contribution in [1.82, 2.24) is 4.90 Å². The van der Waals surface area contributed by atoms with E-state index in [-0.39, 0.29) is 6.09 Å². The van der Waals surface area contributed by atoms with E-state index in [9.17, 15) is 9.90 Å². The number of benzene rings is 1. The summed E-state index contributed by atoms with van der Waals surface area (Å²) in [5, 5.41) is 9.72. The maximum atomic E-state index is 12.1. The molecule has 1 aromatic carbocycles. The molecule has 128 valence electrons. The van der Waals surface area contributed by atoms with Gasteiger partial charge in [0, 0.05) is 13.1 Å². The first kappa shape index (κ1) is 17.6. The average Bonchev–Trinajstić information content (AvgIpc) is 2.46. The molecule has 0 spiro atoms. The van der Waals surface area contributed by atoms with E-state index in [2.05, 4.69) is 6.92 Å². The van der Waals surface area contributed by atoms with Crippen LogP contribution in [0.15, 0.2) is 18.2 Å². The molecule has 4 heteroatoms. The number of ether oxygens (including phenoxy) is 1. The monoisotopic (exact) mass is 319 g/mol. The minimum absolute atomic E-state index is 0.213. The van der Waals surface area contributed by atoms with Gasteiger partial charge >= 0.3 is 6.09 Å². The lowest BCUT2D eigenvalue weighted by Crippen LogP contribution is -2.41. The summed E-state index contributed by atoms with van der Waals surface area (Å²) in [7, 11) is 0. The summed E-state index contributed by atoms with van der Waals surface area (Å²) in [6.07, 6.45) is 3.72. The highest BCUT2D eigenvalue weighted by atomic mass is 16.6. The van der Waals surface area contributed by atoms with Crippen LogP contribution in [0.1, 0.15) is 64.0 Å². The van der Waals surface area contributed by atoms with Gasteiger partial charge in [0.1, 0.15) is 11.4 Å². The lowest BCUT2D eigenvalue weighted by molar-refractivity contribution is 0.0204. The molecule has 1 amide bonds. The number of aryl methyl sites for hydroxylation is 1. The van der Waals surface area contributed by atoms with Gasteiger partial charge in [-0.25, -0.2) is 4.79 Å². The molecule has 1 heterocycles. The number of hydrogen-bond donors (Lipinski definition) is 1. The Labute approximate surface area is 139 Å². The molecule has 0 atom stereocenters. The Hall–Kier alpha value is -1.71. The van der Waals surface area contributed by atoms with E-state index in [1.807, 2.05) is 37.8 Å². The number of hydrogen-bond acceptors (Lipinski definition) is 3. The molecule has 0 saturated carbocycles. The van der Waals surface area contributed by atoms with Gasteiger partial charge in [0.15, 0.2) is 0 Å².